The Labute approximate surface area is 110 Å². The Balaban J connectivity index is 1.83. The lowest BCUT2D eigenvalue weighted by Gasteiger charge is -2.39. The minimum absolute atomic E-state index is 0.125. The fraction of sp³-hybridized carbons (Fsp3) is 0.625. The van der Waals surface area contributed by atoms with Crippen LogP contribution in [0.5, 0.6) is 5.75 Å². The zero-order valence-electron chi connectivity index (χ0n) is 11.2. The van der Waals surface area contributed by atoms with Crippen molar-refractivity contribution in [1.82, 2.24) is 0 Å². The van der Waals surface area contributed by atoms with Gasteiger partial charge in [0.25, 0.3) is 0 Å². The summed E-state index contributed by atoms with van der Waals surface area (Å²) in [5, 5.41) is 0. The van der Waals surface area contributed by atoms with Gasteiger partial charge in [0.1, 0.15) is 5.75 Å². The number of rotatable bonds is 3. The van der Waals surface area contributed by atoms with Crippen LogP contribution in [0.3, 0.4) is 0 Å². The molecule has 2 unspecified atom stereocenters. The molecule has 2 fully saturated rings. The van der Waals surface area contributed by atoms with E-state index in [1.54, 1.807) is 7.11 Å². The summed E-state index contributed by atoms with van der Waals surface area (Å²) in [7, 11) is 1.72. The largest absolute Gasteiger partial charge is 0.497 e. The number of hydrogen-bond donors (Lipinski definition) is 1. The highest BCUT2D eigenvalue weighted by molar-refractivity contribution is 5.33. The van der Waals surface area contributed by atoms with Gasteiger partial charge in [-0.2, -0.15) is 0 Å². The van der Waals surface area contributed by atoms with Gasteiger partial charge in [0.05, 0.1) is 7.11 Å². The summed E-state index contributed by atoms with van der Waals surface area (Å²) in [6, 6.07) is 8.34. The molecule has 0 amide bonds. The molecular weight excluding hydrogens is 222 g/mol. The van der Waals surface area contributed by atoms with Crippen LogP contribution in [0.1, 0.15) is 44.1 Å². The Morgan fingerprint density at radius 3 is 2.78 bits per heavy atom. The van der Waals surface area contributed by atoms with E-state index in [0.29, 0.717) is 0 Å². The summed E-state index contributed by atoms with van der Waals surface area (Å²) < 4.78 is 5.32. The first-order chi connectivity index (χ1) is 8.71. The molecule has 2 N–H and O–H groups in total. The molecule has 18 heavy (non-hydrogen) atoms. The first-order valence-electron chi connectivity index (χ1n) is 7.15. The number of methoxy groups -OCH3 is 1. The molecule has 0 aliphatic heterocycles. The first-order valence-corrected chi connectivity index (χ1v) is 7.15. The molecule has 98 valence electrons. The molecule has 2 heteroatoms. The first kappa shape index (κ1) is 12.0. The van der Waals surface area contributed by atoms with Gasteiger partial charge in [0.15, 0.2) is 0 Å². The van der Waals surface area contributed by atoms with E-state index in [4.69, 9.17) is 10.5 Å². The van der Waals surface area contributed by atoms with Crippen LogP contribution in [0.15, 0.2) is 24.3 Å². The van der Waals surface area contributed by atoms with Crippen LogP contribution in [-0.2, 0) is 5.54 Å². The monoisotopic (exact) mass is 245 g/mol. The number of nitrogens with two attached hydrogens (primary N) is 1. The molecule has 2 aliphatic carbocycles. The second-order valence-corrected chi connectivity index (χ2v) is 6.08. The molecular formula is C16H23NO. The molecule has 2 atom stereocenters. The van der Waals surface area contributed by atoms with Crippen LogP contribution in [0.4, 0.5) is 0 Å². The van der Waals surface area contributed by atoms with Gasteiger partial charge in [0.2, 0.25) is 0 Å². The zero-order chi connectivity index (χ0) is 12.6. The molecule has 2 saturated carbocycles. The predicted octanol–water partition coefficient (Wildman–Crippen LogP) is 3.45. The molecule has 0 spiro atoms. The molecule has 0 aromatic heterocycles. The molecule has 0 bridgehead atoms. The van der Waals surface area contributed by atoms with Crippen molar-refractivity contribution < 1.29 is 4.74 Å². The second-order valence-electron chi connectivity index (χ2n) is 6.08. The number of benzene rings is 1. The molecule has 2 aliphatic rings. The van der Waals surface area contributed by atoms with Gasteiger partial charge >= 0.3 is 0 Å². The van der Waals surface area contributed by atoms with Crippen molar-refractivity contribution >= 4 is 0 Å². The minimum Gasteiger partial charge on any atom is -0.497 e. The maximum absolute atomic E-state index is 6.70. The smallest absolute Gasteiger partial charge is 0.119 e. The summed E-state index contributed by atoms with van der Waals surface area (Å²) >= 11 is 0. The molecule has 0 heterocycles. The topological polar surface area (TPSA) is 35.2 Å². The molecule has 1 aromatic carbocycles. The Morgan fingerprint density at radius 1 is 1.22 bits per heavy atom. The van der Waals surface area contributed by atoms with Crippen LogP contribution in [0.2, 0.25) is 0 Å². The third-order valence-corrected chi connectivity index (χ3v) is 4.76. The van der Waals surface area contributed by atoms with Crippen molar-refractivity contribution in [2.75, 3.05) is 7.11 Å². The molecule has 0 saturated heterocycles. The molecule has 2 nitrogen and oxygen atoms in total. The highest BCUT2D eigenvalue weighted by Crippen LogP contribution is 2.48. The lowest BCUT2D eigenvalue weighted by Crippen LogP contribution is -2.41. The van der Waals surface area contributed by atoms with Crippen molar-refractivity contribution in [3.8, 4) is 5.75 Å². The van der Waals surface area contributed by atoms with Crippen LogP contribution >= 0.6 is 0 Å². The normalized spacial score (nSPS) is 32.2. The van der Waals surface area contributed by atoms with Crippen LogP contribution in [0.25, 0.3) is 0 Å². The third kappa shape index (κ3) is 2.26. The lowest BCUT2D eigenvalue weighted by molar-refractivity contribution is 0.206. The highest BCUT2D eigenvalue weighted by atomic mass is 16.5. The molecule has 1 aromatic rings. The Kier molecular flexibility index (Phi) is 3.06. The van der Waals surface area contributed by atoms with Gasteiger partial charge in [-0.25, -0.2) is 0 Å². The van der Waals surface area contributed by atoms with E-state index in [0.717, 1.165) is 30.4 Å². The van der Waals surface area contributed by atoms with E-state index in [9.17, 15) is 0 Å². The average Bonchev–Trinajstić information content (AvgIpc) is 3.23. The van der Waals surface area contributed by atoms with Gasteiger partial charge < -0.3 is 10.5 Å². The Bertz CT molecular complexity index is 427. The fourth-order valence-electron chi connectivity index (χ4n) is 3.52. The number of ether oxygens (including phenoxy) is 1. The van der Waals surface area contributed by atoms with E-state index in [1.807, 2.05) is 6.07 Å². The van der Waals surface area contributed by atoms with Crippen molar-refractivity contribution in [2.24, 2.45) is 17.6 Å². The van der Waals surface area contributed by atoms with Crippen molar-refractivity contribution in [3.63, 3.8) is 0 Å². The van der Waals surface area contributed by atoms with Gasteiger partial charge in [-0.1, -0.05) is 25.0 Å². The van der Waals surface area contributed by atoms with Crippen molar-refractivity contribution in [3.05, 3.63) is 29.8 Å². The fourth-order valence-corrected chi connectivity index (χ4v) is 3.52. The third-order valence-electron chi connectivity index (χ3n) is 4.76. The van der Waals surface area contributed by atoms with E-state index in [-0.39, 0.29) is 5.54 Å². The quantitative estimate of drug-likeness (QED) is 0.885. The number of hydrogen-bond acceptors (Lipinski definition) is 2. The average molecular weight is 245 g/mol. The summed E-state index contributed by atoms with van der Waals surface area (Å²) in [5.74, 6) is 2.75. The van der Waals surface area contributed by atoms with E-state index < -0.39 is 0 Å². The summed E-state index contributed by atoms with van der Waals surface area (Å²) in [4.78, 5) is 0. The van der Waals surface area contributed by atoms with Crippen LogP contribution in [-0.4, -0.2) is 7.11 Å². The molecule has 0 radical (unpaired) electrons. The second kappa shape index (κ2) is 4.58. The molecule has 3 rings (SSSR count). The van der Waals surface area contributed by atoms with E-state index in [1.165, 1.54) is 31.2 Å². The van der Waals surface area contributed by atoms with Gasteiger partial charge in [-0.3, -0.25) is 0 Å². The standard InChI is InChI=1S/C16H23NO/c1-18-15-6-2-5-14(10-15)16(17)9-3-4-13(11-16)12-7-8-12/h2,5-6,10,12-13H,3-4,7-9,11,17H2,1H3. The van der Waals surface area contributed by atoms with Crippen molar-refractivity contribution in [1.29, 1.82) is 0 Å². The minimum atomic E-state index is -0.125. The maximum Gasteiger partial charge on any atom is 0.119 e. The Hall–Kier alpha value is -1.02. The summed E-state index contributed by atoms with van der Waals surface area (Å²) in [6.07, 6.45) is 7.79. The predicted molar refractivity (Wildman–Crippen MR) is 73.5 cm³/mol. The van der Waals surface area contributed by atoms with Crippen LogP contribution in [0, 0.1) is 11.8 Å². The Morgan fingerprint density at radius 2 is 2.06 bits per heavy atom. The van der Waals surface area contributed by atoms with Gasteiger partial charge in [-0.15, -0.1) is 0 Å². The lowest BCUT2D eigenvalue weighted by atomic mass is 9.71. The SMILES string of the molecule is COc1cccc(C2(N)CCCC(C3CC3)C2)c1. The summed E-state index contributed by atoms with van der Waals surface area (Å²) in [6.45, 7) is 0. The maximum atomic E-state index is 6.70. The van der Waals surface area contributed by atoms with E-state index in [2.05, 4.69) is 18.2 Å². The zero-order valence-corrected chi connectivity index (χ0v) is 11.2. The van der Waals surface area contributed by atoms with Crippen LogP contribution < -0.4 is 10.5 Å². The van der Waals surface area contributed by atoms with E-state index >= 15 is 0 Å². The summed E-state index contributed by atoms with van der Waals surface area (Å²) in [5.41, 5.74) is 7.84. The van der Waals surface area contributed by atoms with Gasteiger partial charge in [-0.05, 0) is 55.2 Å². The highest BCUT2D eigenvalue weighted by Gasteiger charge is 2.40. The van der Waals surface area contributed by atoms with Gasteiger partial charge in [0, 0.05) is 5.54 Å². The van der Waals surface area contributed by atoms with Crippen molar-refractivity contribution in [2.45, 2.75) is 44.1 Å².